The minimum Gasteiger partial charge on any atom is -0.490 e. The van der Waals surface area contributed by atoms with Gasteiger partial charge in [0.05, 0.1) is 21.7 Å². The quantitative estimate of drug-likeness (QED) is 0.357. The van der Waals surface area contributed by atoms with Crippen LogP contribution >= 0.6 is 46.6 Å². The van der Waals surface area contributed by atoms with Crippen molar-refractivity contribution in [1.82, 2.24) is 4.90 Å². The number of hydrogen-bond donors (Lipinski definition) is 0. The molecule has 0 N–H and O–H groups in total. The van der Waals surface area contributed by atoms with Crippen molar-refractivity contribution in [1.29, 1.82) is 0 Å². The number of amides is 1. The van der Waals surface area contributed by atoms with Gasteiger partial charge in [0.2, 0.25) is 0 Å². The fraction of sp³-hybridized carbons (Fsp3) is 0.375. The standard InChI is InChI=1S/C16H18INO3S2/c1-4-18-15(19)13(23-16(18)22)9-10-7-11(17)14(21-6-3)12(8-10)20-5-2/h7-9H,4-6H2,1-3H3/b13-9-. The number of halogens is 1. The topological polar surface area (TPSA) is 38.8 Å². The third-order valence-corrected chi connectivity index (χ3v) is 5.29. The lowest BCUT2D eigenvalue weighted by atomic mass is 10.2. The monoisotopic (exact) mass is 463 g/mol. The molecule has 1 amide bonds. The van der Waals surface area contributed by atoms with Crippen LogP contribution in [0.1, 0.15) is 26.3 Å². The first-order valence-corrected chi connectivity index (χ1v) is 9.66. The minimum atomic E-state index is -0.0376. The molecule has 0 radical (unpaired) electrons. The summed E-state index contributed by atoms with van der Waals surface area (Å²) in [5, 5.41) is 0. The van der Waals surface area contributed by atoms with E-state index in [0.717, 1.165) is 14.9 Å². The minimum absolute atomic E-state index is 0.0376. The van der Waals surface area contributed by atoms with Gasteiger partial charge >= 0.3 is 0 Å². The summed E-state index contributed by atoms with van der Waals surface area (Å²) in [5.41, 5.74) is 0.901. The Morgan fingerprint density at radius 2 is 1.96 bits per heavy atom. The predicted octanol–water partition coefficient (Wildman–Crippen LogP) is 4.31. The molecule has 0 aliphatic carbocycles. The van der Waals surface area contributed by atoms with Crippen molar-refractivity contribution in [3.05, 3.63) is 26.2 Å². The second-order valence-electron chi connectivity index (χ2n) is 4.62. The van der Waals surface area contributed by atoms with E-state index in [2.05, 4.69) is 22.6 Å². The van der Waals surface area contributed by atoms with Gasteiger partial charge in [-0.3, -0.25) is 9.69 Å². The Hall–Kier alpha value is -0.800. The third kappa shape index (κ3) is 4.19. The zero-order valence-electron chi connectivity index (χ0n) is 13.2. The zero-order chi connectivity index (χ0) is 17.0. The van der Waals surface area contributed by atoms with Gasteiger partial charge in [0, 0.05) is 6.54 Å². The van der Waals surface area contributed by atoms with Crippen molar-refractivity contribution in [2.75, 3.05) is 19.8 Å². The number of thiocarbonyl (C=S) groups is 1. The summed E-state index contributed by atoms with van der Waals surface area (Å²) < 4.78 is 12.9. The maximum absolute atomic E-state index is 12.3. The van der Waals surface area contributed by atoms with Gasteiger partial charge in [-0.1, -0.05) is 24.0 Å². The van der Waals surface area contributed by atoms with Crippen molar-refractivity contribution in [2.24, 2.45) is 0 Å². The Morgan fingerprint density at radius 1 is 1.26 bits per heavy atom. The molecule has 1 fully saturated rings. The molecule has 1 aliphatic rings. The van der Waals surface area contributed by atoms with E-state index in [4.69, 9.17) is 21.7 Å². The lowest BCUT2D eigenvalue weighted by Crippen LogP contribution is -2.27. The molecule has 1 aromatic rings. The van der Waals surface area contributed by atoms with E-state index in [1.54, 1.807) is 4.90 Å². The van der Waals surface area contributed by atoms with E-state index in [1.165, 1.54) is 11.8 Å². The number of likely N-dealkylation sites (N-methyl/N-ethyl adjacent to an activating group) is 1. The number of benzene rings is 1. The molecule has 2 rings (SSSR count). The molecule has 0 atom stereocenters. The second kappa shape index (κ2) is 8.34. The van der Waals surface area contributed by atoms with Gasteiger partial charge in [0.25, 0.3) is 5.91 Å². The predicted molar refractivity (Wildman–Crippen MR) is 107 cm³/mol. The molecular weight excluding hydrogens is 445 g/mol. The van der Waals surface area contributed by atoms with E-state index >= 15 is 0 Å². The lowest BCUT2D eigenvalue weighted by molar-refractivity contribution is -0.121. The molecule has 0 spiro atoms. The molecule has 23 heavy (non-hydrogen) atoms. The van der Waals surface area contributed by atoms with Crippen LogP contribution in [0, 0.1) is 3.57 Å². The van der Waals surface area contributed by atoms with E-state index in [0.29, 0.717) is 34.7 Å². The summed E-state index contributed by atoms with van der Waals surface area (Å²) >= 11 is 8.79. The number of carbonyl (C=O) groups excluding carboxylic acids is 1. The van der Waals surface area contributed by atoms with Crippen LogP contribution in [0.5, 0.6) is 11.5 Å². The van der Waals surface area contributed by atoms with Gasteiger partial charge in [0.15, 0.2) is 11.5 Å². The molecule has 1 aromatic carbocycles. The Kier molecular flexibility index (Phi) is 6.72. The molecule has 1 aliphatic heterocycles. The van der Waals surface area contributed by atoms with Gasteiger partial charge in [0.1, 0.15) is 4.32 Å². The largest absolute Gasteiger partial charge is 0.490 e. The highest BCUT2D eigenvalue weighted by Crippen LogP contribution is 2.37. The summed E-state index contributed by atoms with van der Waals surface area (Å²) in [7, 11) is 0. The van der Waals surface area contributed by atoms with Crippen LogP contribution in [0.2, 0.25) is 0 Å². The smallest absolute Gasteiger partial charge is 0.266 e. The van der Waals surface area contributed by atoms with Crippen molar-refractivity contribution in [2.45, 2.75) is 20.8 Å². The first-order valence-electron chi connectivity index (χ1n) is 7.36. The number of ether oxygens (including phenoxy) is 2. The van der Waals surface area contributed by atoms with Crippen LogP contribution in [-0.4, -0.2) is 34.9 Å². The van der Waals surface area contributed by atoms with Crippen LogP contribution in [0.3, 0.4) is 0 Å². The molecule has 0 saturated carbocycles. The van der Waals surface area contributed by atoms with Gasteiger partial charge in [-0.05, 0) is 67.1 Å². The molecule has 7 heteroatoms. The second-order valence-corrected chi connectivity index (χ2v) is 7.46. The molecular formula is C16H18INO3S2. The number of nitrogens with zero attached hydrogens (tertiary/aromatic N) is 1. The molecule has 4 nitrogen and oxygen atoms in total. The molecule has 1 saturated heterocycles. The first kappa shape index (κ1) is 18.5. The number of rotatable bonds is 6. The van der Waals surface area contributed by atoms with Gasteiger partial charge in [-0.25, -0.2) is 0 Å². The number of thioether (sulfide) groups is 1. The fourth-order valence-corrected chi connectivity index (χ4v) is 4.31. The van der Waals surface area contributed by atoms with Crippen molar-refractivity contribution in [3.63, 3.8) is 0 Å². The van der Waals surface area contributed by atoms with Crippen molar-refractivity contribution in [3.8, 4) is 11.5 Å². The normalized spacial score (nSPS) is 16.3. The highest BCUT2D eigenvalue weighted by atomic mass is 127. The maximum Gasteiger partial charge on any atom is 0.266 e. The maximum atomic E-state index is 12.3. The Bertz CT molecular complexity index is 661. The van der Waals surface area contributed by atoms with Crippen molar-refractivity contribution < 1.29 is 14.3 Å². The highest BCUT2D eigenvalue weighted by Gasteiger charge is 2.30. The van der Waals surface area contributed by atoms with E-state index in [9.17, 15) is 4.79 Å². The van der Waals surface area contributed by atoms with Gasteiger partial charge in [-0.15, -0.1) is 0 Å². The summed E-state index contributed by atoms with van der Waals surface area (Å²) in [6.45, 7) is 7.51. The average molecular weight is 463 g/mol. The highest BCUT2D eigenvalue weighted by molar-refractivity contribution is 14.1. The number of carbonyl (C=O) groups is 1. The Balaban J connectivity index is 2.39. The van der Waals surface area contributed by atoms with E-state index < -0.39 is 0 Å². The molecule has 0 aromatic heterocycles. The van der Waals surface area contributed by atoms with Crippen LogP contribution in [0.4, 0.5) is 0 Å². The molecule has 1 heterocycles. The Morgan fingerprint density at radius 3 is 2.52 bits per heavy atom. The van der Waals surface area contributed by atoms with Crippen LogP contribution < -0.4 is 9.47 Å². The van der Waals surface area contributed by atoms with Gasteiger partial charge < -0.3 is 9.47 Å². The van der Waals surface area contributed by atoms with Crippen LogP contribution in [0.25, 0.3) is 6.08 Å². The SMILES string of the molecule is CCOc1cc(/C=C2\SC(=S)N(CC)C2=O)cc(I)c1OCC. The van der Waals surface area contributed by atoms with Crippen LogP contribution in [-0.2, 0) is 4.79 Å². The van der Waals surface area contributed by atoms with E-state index in [1.807, 2.05) is 39.0 Å². The summed E-state index contributed by atoms with van der Waals surface area (Å²) in [6.07, 6.45) is 1.86. The van der Waals surface area contributed by atoms with E-state index in [-0.39, 0.29) is 5.91 Å². The average Bonchev–Trinajstić information content (AvgIpc) is 2.77. The zero-order valence-corrected chi connectivity index (χ0v) is 17.0. The molecule has 124 valence electrons. The molecule has 0 bridgehead atoms. The summed E-state index contributed by atoms with van der Waals surface area (Å²) in [5.74, 6) is 1.40. The third-order valence-electron chi connectivity index (χ3n) is 3.11. The molecule has 0 unspecified atom stereocenters. The van der Waals surface area contributed by atoms with Crippen molar-refractivity contribution >= 4 is 62.9 Å². The Labute approximate surface area is 159 Å². The summed E-state index contributed by atoms with van der Waals surface area (Å²) in [4.78, 5) is 14.6. The lowest BCUT2D eigenvalue weighted by Gasteiger charge is -2.13. The fourth-order valence-electron chi connectivity index (χ4n) is 2.14. The van der Waals surface area contributed by atoms with Crippen LogP contribution in [0.15, 0.2) is 17.0 Å². The van der Waals surface area contributed by atoms with Gasteiger partial charge in [-0.2, -0.15) is 0 Å². The number of hydrogen-bond acceptors (Lipinski definition) is 5. The first-order chi connectivity index (χ1) is 11.0. The summed E-state index contributed by atoms with van der Waals surface area (Å²) in [6, 6.07) is 3.88.